The normalized spacial score (nSPS) is 11.1. The van der Waals surface area contributed by atoms with Crippen molar-refractivity contribution in [2.45, 2.75) is 19.0 Å². The van der Waals surface area contributed by atoms with Gasteiger partial charge in [-0.1, -0.05) is 36.0 Å². The van der Waals surface area contributed by atoms with Gasteiger partial charge in [-0.15, -0.1) is 21.5 Å². The number of hydrogen-bond acceptors (Lipinski definition) is 9. The molecule has 0 aliphatic carbocycles. The first kappa shape index (κ1) is 26.5. The van der Waals surface area contributed by atoms with Gasteiger partial charge in [0, 0.05) is 16.3 Å². The molecule has 0 bridgehead atoms. The van der Waals surface area contributed by atoms with Gasteiger partial charge in [0.15, 0.2) is 22.3 Å². The summed E-state index contributed by atoms with van der Waals surface area (Å²) in [5, 5.41) is 15.4. The quantitative estimate of drug-likeness (QED) is 0.176. The number of nitrogens with one attached hydrogen (secondary N) is 1. The van der Waals surface area contributed by atoms with E-state index in [0.717, 1.165) is 27.7 Å². The lowest BCUT2D eigenvalue weighted by Gasteiger charge is -2.11. The zero-order chi connectivity index (χ0) is 27.5. The summed E-state index contributed by atoms with van der Waals surface area (Å²) < 4.78 is 18.0. The first-order valence-corrected chi connectivity index (χ1v) is 14.0. The second-order valence-corrected chi connectivity index (χ2v) is 10.3. The molecule has 3 heterocycles. The van der Waals surface area contributed by atoms with Crippen LogP contribution in [0.15, 0.2) is 59.1 Å². The lowest BCUT2D eigenvalue weighted by atomic mass is 10.0. The summed E-state index contributed by atoms with van der Waals surface area (Å²) >= 11 is 2.54. The first-order chi connectivity index (χ1) is 18.9. The minimum Gasteiger partial charge on any atom is -0.493 e. The Morgan fingerprint density at radius 1 is 1.05 bits per heavy atom. The number of methoxy groups -OCH3 is 2. The Morgan fingerprint density at radius 2 is 1.85 bits per heavy atom. The number of rotatable bonds is 9. The fraction of sp³-hybridized carbons (Fsp3) is 0.214. The number of thioether (sulfide) groups is 1. The van der Waals surface area contributed by atoms with E-state index in [-0.39, 0.29) is 18.3 Å². The molecule has 0 saturated carbocycles. The van der Waals surface area contributed by atoms with E-state index in [1.165, 1.54) is 23.1 Å². The number of amides is 1. The number of pyridine rings is 1. The smallest absolute Gasteiger partial charge is 0.341 e. The Morgan fingerprint density at radius 3 is 2.62 bits per heavy atom. The molecule has 11 heteroatoms. The van der Waals surface area contributed by atoms with E-state index in [9.17, 15) is 9.59 Å². The third-order valence-corrected chi connectivity index (χ3v) is 7.95. The monoisotopic (exact) mass is 562 g/mol. The molecular weight excluding hydrogens is 536 g/mol. The molecule has 1 amide bonds. The fourth-order valence-corrected chi connectivity index (χ4v) is 6.06. The van der Waals surface area contributed by atoms with Crippen LogP contribution in [0.3, 0.4) is 0 Å². The average Bonchev–Trinajstić information content (AvgIpc) is 3.56. The highest BCUT2D eigenvalue weighted by Crippen LogP contribution is 2.40. The zero-order valence-corrected chi connectivity index (χ0v) is 23.4. The van der Waals surface area contributed by atoms with Crippen molar-refractivity contribution in [3.05, 3.63) is 65.0 Å². The molecule has 0 spiro atoms. The first-order valence-electron chi connectivity index (χ1n) is 12.1. The van der Waals surface area contributed by atoms with Crippen LogP contribution in [0.4, 0.5) is 5.00 Å². The maximum Gasteiger partial charge on any atom is 0.341 e. The summed E-state index contributed by atoms with van der Waals surface area (Å²) in [6.07, 6.45) is 0. The summed E-state index contributed by atoms with van der Waals surface area (Å²) in [5.74, 6) is 0.385. The average molecular weight is 563 g/mol. The lowest BCUT2D eigenvalue weighted by Crippen LogP contribution is -2.16. The van der Waals surface area contributed by atoms with E-state index in [4.69, 9.17) is 14.2 Å². The van der Waals surface area contributed by atoms with Crippen LogP contribution in [-0.2, 0) is 9.53 Å². The van der Waals surface area contributed by atoms with Crippen molar-refractivity contribution >= 4 is 56.5 Å². The molecule has 2 aromatic carbocycles. The standard InChI is InChI=1S/C28H26N4O5S2/c1-5-37-27(34)25-19(17-10-11-21(35-3)22(13-17)36-4)14-38-26(25)29-24(33)15-39-28-31-30-23-12-16(2)18-8-6-7-9-20(18)32(23)28/h6-14H,5,15H2,1-4H3,(H,29,33). The van der Waals surface area contributed by atoms with Gasteiger partial charge in [-0.3, -0.25) is 9.20 Å². The number of aromatic nitrogens is 3. The second-order valence-electron chi connectivity index (χ2n) is 8.50. The highest BCUT2D eigenvalue weighted by atomic mass is 32.2. The number of para-hydroxylation sites is 1. The summed E-state index contributed by atoms with van der Waals surface area (Å²) in [6, 6.07) is 15.4. The van der Waals surface area contributed by atoms with Crippen LogP contribution < -0.4 is 14.8 Å². The molecule has 5 aromatic rings. The number of aryl methyl sites for hydroxylation is 1. The van der Waals surface area contributed by atoms with Gasteiger partial charge in [0.05, 0.1) is 32.1 Å². The van der Waals surface area contributed by atoms with Crippen molar-refractivity contribution in [1.29, 1.82) is 0 Å². The van der Waals surface area contributed by atoms with Crippen molar-refractivity contribution in [1.82, 2.24) is 14.6 Å². The predicted molar refractivity (Wildman–Crippen MR) is 153 cm³/mol. The van der Waals surface area contributed by atoms with Crippen LogP contribution in [0.2, 0.25) is 0 Å². The molecule has 0 atom stereocenters. The highest BCUT2D eigenvalue weighted by Gasteiger charge is 2.24. The van der Waals surface area contributed by atoms with E-state index >= 15 is 0 Å². The fourth-order valence-electron chi connectivity index (χ4n) is 4.33. The number of hydrogen-bond donors (Lipinski definition) is 1. The molecule has 9 nitrogen and oxygen atoms in total. The molecule has 5 rings (SSSR count). The van der Waals surface area contributed by atoms with E-state index in [1.807, 2.05) is 47.0 Å². The topological polar surface area (TPSA) is 104 Å². The summed E-state index contributed by atoms with van der Waals surface area (Å²) in [7, 11) is 3.11. The molecule has 0 unspecified atom stereocenters. The van der Waals surface area contributed by atoms with Crippen LogP contribution in [0, 0.1) is 6.92 Å². The minimum absolute atomic E-state index is 0.0782. The van der Waals surface area contributed by atoms with Gasteiger partial charge in [-0.25, -0.2) is 4.79 Å². The van der Waals surface area contributed by atoms with E-state index in [1.54, 1.807) is 33.3 Å². The number of benzene rings is 2. The van der Waals surface area contributed by atoms with Gasteiger partial charge in [0.1, 0.15) is 10.6 Å². The third-order valence-electron chi connectivity index (χ3n) is 6.12. The summed E-state index contributed by atoms with van der Waals surface area (Å²) in [4.78, 5) is 26.0. The molecule has 0 aliphatic rings. The Kier molecular flexibility index (Phi) is 7.71. The molecule has 0 saturated heterocycles. The number of ether oxygens (including phenoxy) is 3. The van der Waals surface area contributed by atoms with E-state index in [0.29, 0.717) is 32.8 Å². The van der Waals surface area contributed by atoms with Gasteiger partial charge in [-0.05, 0) is 49.2 Å². The molecule has 3 aromatic heterocycles. The van der Waals surface area contributed by atoms with Crippen LogP contribution in [0.25, 0.3) is 27.7 Å². The Bertz CT molecular complexity index is 1690. The number of anilines is 1. The number of carbonyl (C=O) groups is 2. The van der Waals surface area contributed by atoms with Crippen molar-refractivity contribution in [2.75, 3.05) is 31.9 Å². The Hall–Kier alpha value is -4.09. The molecule has 39 heavy (non-hydrogen) atoms. The molecular formula is C28H26N4O5S2. The molecule has 0 fully saturated rings. The number of carbonyl (C=O) groups excluding carboxylic acids is 2. The van der Waals surface area contributed by atoms with Crippen LogP contribution >= 0.6 is 23.1 Å². The molecule has 1 N–H and O–H groups in total. The van der Waals surface area contributed by atoms with Gasteiger partial charge < -0.3 is 19.5 Å². The van der Waals surface area contributed by atoms with Crippen molar-refractivity contribution in [2.24, 2.45) is 0 Å². The SMILES string of the molecule is CCOC(=O)c1c(-c2ccc(OC)c(OC)c2)csc1NC(=O)CSc1nnc2cc(C)c3ccccc3n12. The third kappa shape index (κ3) is 5.15. The molecule has 200 valence electrons. The number of fused-ring (bicyclic) bond motifs is 3. The second kappa shape index (κ2) is 11.3. The van der Waals surface area contributed by atoms with Gasteiger partial charge in [0.25, 0.3) is 0 Å². The van der Waals surface area contributed by atoms with Crippen LogP contribution in [0.5, 0.6) is 11.5 Å². The van der Waals surface area contributed by atoms with E-state index < -0.39 is 5.97 Å². The highest BCUT2D eigenvalue weighted by molar-refractivity contribution is 7.99. The Balaban J connectivity index is 1.40. The van der Waals surface area contributed by atoms with Crippen molar-refractivity contribution in [3.63, 3.8) is 0 Å². The van der Waals surface area contributed by atoms with Gasteiger partial charge in [-0.2, -0.15) is 0 Å². The predicted octanol–water partition coefficient (Wildman–Crippen LogP) is 5.84. The van der Waals surface area contributed by atoms with Gasteiger partial charge >= 0.3 is 5.97 Å². The minimum atomic E-state index is -0.517. The van der Waals surface area contributed by atoms with Gasteiger partial charge in [0.2, 0.25) is 5.91 Å². The number of nitrogens with zero attached hydrogens (tertiary/aromatic N) is 3. The summed E-state index contributed by atoms with van der Waals surface area (Å²) in [6.45, 7) is 3.98. The molecule has 0 aliphatic heterocycles. The summed E-state index contributed by atoms with van der Waals surface area (Å²) in [5.41, 5.74) is 4.46. The maximum atomic E-state index is 13.1. The number of esters is 1. The zero-order valence-electron chi connectivity index (χ0n) is 21.8. The Labute approximate surface area is 233 Å². The lowest BCUT2D eigenvalue weighted by molar-refractivity contribution is -0.113. The number of thiophene rings is 1. The van der Waals surface area contributed by atoms with Crippen molar-refractivity contribution in [3.8, 4) is 22.6 Å². The van der Waals surface area contributed by atoms with E-state index in [2.05, 4.69) is 21.6 Å². The van der Waals surface area contributed by atoms with Crippen LogP contribution in [0.1, 0.15) is 22.8 Å². The van der Waals surface area contributed by atoms with Crippen LogP contribution in [-0.4, -0.2) is 53.1 Å². The largest absolute Gasteiger partial charge is 0.493 e. The molecule has 0 radical (unpaired) electrons. The maximum absolute atomic E-state index is 13.1. The van der Waals surface area contributed by atoms with Crippen molar-refractivity contribution < 1.29 is 23.8 Å².